The van der Waals surface area contributed by atoms with Crippen LogP contribution in [-0.2, 0) is 27.8 Å². The molecule has 0 spiro atoms. The van der Waals surface area contributed by atoms with Crippen molar-refractivity contribution in [3.63, 3.8) is 0 Å². The average molecular weight is 374 g/mol. The second-order valence-electron chi connectivity index (χ2n) is 6.35. The zero-order chi connectivity index (χ0) is 20.1. The number of nitrogens with one attached hydrogen (secondary N) is 2. The van der Waals surface area contributed by atoms with E-state index in [4.69, 9.17) is 4.74 Å². The fourth-order valence-corrected chi connectivity index (χ4v) is 2.45. The Morgan fingerprint density at radius 2 is 1.78 bits per heavy atom. The second-order valence-corrected chi connectivity index (χ2v) is 6.35. The molecule has 0 aliphatic heterocycles. The summed E-state index contributed by atoms with van der Waals surface area (Å²) < 4.78 is 6.23. The Hall–Kier alpha value is -3.23. The van der Waals surface area contributed by atoms with Crippen LogP contribution in [0.2, 0.25) is 0 Å². The Balaban J connectivity index is 2.07. The van der Waals surface area contributed by atoms with E-state index in [1.165, 1.54) is 14.0 Å². The number of rotatable bonds is 5. The number of aromatic nitrogens is 2. The second kappa shape index (κ2) is 8.43. The smallest absolute Gasteiger partial charge is 0.321 e. The molecule has 0 aliphatic rings. The van der Waals surface area contributed by atoms with Gasteiger partial charge < -0.3 is 10.1 Å². The molecule has 1 aromatic heterocycles. The standard InChI is InChI=1S/C18H22N4O5/c1-10(2)19-18(26)20-16(24)11(3)27-15(23)9-14-12-7-5-6-8-13(12)17(25)22(4)21-14/h5-8,10-11H,9H2,1-4H3,(H2,19,20,24,26)/t11-/m1/s1. The molecular weight excluding hydrogens is 352 g/mol. The molecule has 0 saturated heterocycles. The van der Waals surface area contributed by atoms with Crippen LogP contribution in [0, 0.1) is 0 Å². The highest BCUT2D eigenvalue weighted by atomic mass is 16.5. The molecule has 1 atom stereocenters. The lowest BCUT2D eigenvalue weighted by Crippen LogP contribution is -2.46. The van der Waals surface area contributed by atoms with Crippen LogP contribution in [0.5, 0.6) is 0 Å². The summed E-state index contributed by atoms with van der Waals surface area (Å²) in [6, 6.07) is 6.00. The van der Waals surface area contributed by atoms with Gasteiger partial charge in [-0.25, -0.2) is 9.48 Å². The zero-order valence-corrected chi connectivity index (χ0v) is 15.6. The van der Waals surface area contributed by atoms with Crippen LogP contribution in [0.3, 0.4) is 0 Å². The highest BCUT2D eigenvalue weighted by Gasteiger charge is 2.21. The van der Waals surface area contributed by atoms with Crippen LogP contribution in [0.15, 0.2) is 29.1 Å². The summed E-state index contributed by atoms with van der Waals surface area (Å²) in [6.07, 6.45) is -1.38. The predicted molar refractivity (Wildman–Crippen MR) is 98.1 cm³/mol. The Labute approximate surface area is 155 Å². The van der Waals surface area contributed by atoms with E-state index in [2.05, 4.69) is 15.7 Å². The number of amides is 3. The van der Waals surface area contributed by atoms with Gasteiger partial charge in [0.15, 0.2) is 6.10 Å². The molecule has 2 rings (SSSR count). The highest BCUT2D eigenvalue weighted by molar-refractivity contribution is 5.97. The van der Waals surface area contributed by atoms with Gasteiger partial charge in [0, 0.05) is 18.5 Å². The number of fused-ring (bicyclic) bond motifs is 1. The molecule has 2 aromatic rings. The third kappa shape index (κ3) is 5.13. The van der Waals surface area contributed by atoms with E-state index in [0.29, 0.717) is 16.5 Å². The van der Waals surface area contributed by atoms with Gasteiger partial charge in [0.05, 0.1) is 17.5 Å². The zero-order valence-electron chi connectivity index (χ0n) is 15.6. The van der Waals surface area contributed by atoms with Gasteiger partial charge >= 0.3 is 12.0 Å². The van der Waals surface area contributed by atoms with E-state index in [0.717, 1.165) is 4.68 Å². The largest absolute Gasteiger partial charge is 0.452 e. The molecule has 27 heavy (non-hydrogen) atoms. The molecule has 9 nitrogen and oxygen atoms in total. The average Bonchev–Trinajstić information content (AvgIpc) is 2.58. The molecule has 0 radical (unpaired) electrons. The van der Waals surface area contributed by atoms with Crippen LogP contribution < -0.4 is 16.2 Å². The van der Waals surface area contributed by atoms with Crippen molar-refractivity contribution < 1.29 is 19.1 Å². The molecule has 0 fully saturated rings. The number of carbonyl (C=O) groups is 3. The number of aryl methyl sites for hydroxylation is 1. The number of ether oxygens (including phenoxy) is 1. The molecule has 9 heteroatoms. The normalized spacial score (nSPS) is 11.9. The maximum absolute atomic E-state index is 12.2. The Morgan fingerprint density at radius 1 is 1.15 bits per heavy atom. The van der Waals surface area contributed by atoms with Gasteiger partial charge in [-0.15, -0.1) is 0 Å². The van der Waals surface area contributed by atoms with Crippen LogP contribution in [-0.4, -0.2) is 39.8 Å². The van der Waals surface area contributed by atoms with Crippen molar-refractivity contribution in [3.8, 4) is 0 Å². The molecule has 0 aliphatic carbocycles. The van der Waals surface area contributed by atoms with Gasteiger partial charge in [0.1, 0.15) is 0 Å². The van der Waals surface area contributed by atoms with Crippen molar-refractivity contribution >= 4 is 28.7 Å². The first-order valence-corrected chi connectivity index (χ1v) is 8.44. The van der Waals surface area contributed by atoms with Gasteiger partial charge in [0.25, 0.3) is 11.5 Å². The van der Waals surface area contributed by atoms with E-state index >= 15 is 0 Å². The van der Waals surface area contributed by atoms with Crippen molar-refractivity contribution in [2.45, 2.75) is 39.3 Å². The van der Waals surface area contributed by atoms with Crippen molar-refractivity contribution in [3.05, 3.63) is 40.3 Å². The lowest BCUT2D eigenvalue weighted by molar-refractivity contribution is -0.153. The number of esters is 1. The SMILES string of the molecule is CC(C)NC(=O)NC(=O)[C@@H](C)OC(=O)Cc1nn(C)c(=O)c2ccccc12. The third-order valence-electron chi connectivity index (χ3n) is 3.68. The summed E-state index contributed by atoms with van der Waals surface area (Å²) in [4.78, 5) is 47.8. The summed E-state index contributed by atoms with van der Waals surface area (Å²) >= 11 is 0. The van der Waals surface area contributed by atoms with Crippen molar-refractivity contribution in [1.82, 2.24) is 20.4 Å². The molecule has 144 valence electrons. The predicted octanol–water partition coefficient (Wildman–Crippen LogP) is 0.642. The van der Waals surface area contributed by atoms with Crippen LogP contribution in [0.4, 0.5) is 4.79 Å². The third-order valence-corrected chi connectivity index (χ3v) is 3.68. The van der Waals surface area contributed by atoms with E-state index in [9.17, 15) is 19.2 Å². The van der Waals surface area contributed by atoms with E-state index in [-0.39, 0.29) is 18.0 Å². The number of hydrogen-bond acceptors (Lipinski definition) is 6. The number of urea groups is 1. The summed E-state index contributed by atoms with van der Waals surface area (Å²) in [6.45, 7) is 4.86. The number of benzene rings is 1. The first kappa shape index (κ1) is 20.1. The number of hydrogen-bond donors (Lipinski definition) is 2. The quantitative estimate of drug-likeness (QED) is 0.742. The van der Waals surface area contributed by atoms with E-state index in [1.807, 2.05) is 0 Å². The molecule has 1 aromatic carbocycles. The fraction of sp³-hybridized carbons (Fsp3) is 0.389. The summed E-state index contributed by atoms with van der Waals surface area (Å²) in [5.74, 6) is -1.43. The fourth-order valence-electron chi connectivity index (χ4n) is 2.45. The maximum atomic E-state index is 12.2. The minimum Gasteiger partial charge on any atom is -0.452 e. The molecule has 0 saturated carbocycles. The van der Waals surface area contributed by atoms with Crippen LogP contribution in [0.25, 0.3) is 10.8 Å². The monoisotopic (exact) mass is 374 g/mol. The Morgan fingerprint density at radius 3 is 2.41 bits per heavy atom. The Bertz CT molecular complexity index is 935. The van der Waals surface area contributed by atoms with Crippen molar-refractivity contribution in [1.29, 1.82) is 0 Å². The van der Waals surface area contributed by atoms with E-state index < -0.39 is 24.0 Å². The lowest BCUT2D eigenvalue weighted by atomic mass is 10.1. The topological polar surface area (TPSA) is 119 Å². The number of nitrogens with zero attached hydrogens (tertiary/aromatic N) is 2. The Kier molecular flexibility index (Phi) is 6.27. The minimum absolute atomic E-state index is 0.139. The first-order chi connectivity index (χ1) is 12.7. The summed E-state index contributed by atoms with van der Waals surface area (Å²) in [5, 5.41) is 9.70. The van der Waals surface area contributed by atoms with Crippen molar-refractivity contribution in [2.75, 3.05) is 0 Å². The van der Waals surface area contributed by atoms with Gasteiger partial charge in [-0.3, -0.25) is 19.7 Å². The van der Waals surface area contributed by atoms with Gasteiger partial charge in [-0.2, -0.15) is 5.10 Å². The van der Waals surface area contributed by atoms with Gasteiger partial charge in [-0.1, -0.05) is 18.2 Å². The summed E-state index contributed by atoms with van der Waals surface area (Å²) in [7, 11) is 1.49. The number of carbonyl (C=O) groups excluding carboxylic acids is 3. The maximum Gasteiger partial charge on any atom is 0.321 e. The lowest BCUT2D eigenvalue weighted by Gasteiger charge is -2.14. The molecule has 0 bridgehead atoms. The molecule has 2 N–H and O–H groups in total. The van der Waals surface area contributed by atoms with Crippen LogP contribution in [0.1, 0.15) is 26.5 Å². The molecule has 0 unspecified atom stereocenters. The summed E-state index contributed by atoms with van der Waals surface area (Å²) in [5.41, 5.74) is 0.0921. The highest BCUT2D eigenvalue weighted by Crippen LogP contribution is 2.14. The number of imide groups is 1. The molecular formula is C18H22N4O5. The minimum atomic E-state index is -1.16. The molecule has 1 heterocycles. The van der Waals surface area contributed by atoms with Gasteiger partial charge in [-0.05, 0) is 26.8 Å². The van der Waals surface area contributed by atoms with Gasteiger partial charge in [0.2, 0.25) is 0 Å². The van der Waals surface area contributed by atoms with E-state index in [1.54, 1.807) is 38.1 Å². The first-order valence-electron chi connectivity index (χ1n) is 8.44. The van der Waals surface area contributed by atoms with Crippen LogP contribution >= 0.6 is 0 Å². The van der Waals surface area contributed by atoms with Crippen molar-refractivity contribution in [2.24, 2.45) is 7.05 Å². The molecule has 3 amide bonds.